The second-order valence-corrected chi connectivity index (χ2v) is 6.89. The minimum absolute atomic E-state index is 0.0128. The van der Waals surface area contributed by atoms with Crippen LogP contribution >= 0.6 is 11.3 Å². The monoisotopic (exact) mass is 336 g/mol. The van der Waals surface area contributed by atoms with E-state index in [0.717, 1.165) is 11.3 Å². The van der Waals surface area contributed by atoms with Gasteiger partial charge in [0.1, 0.15) is 15.8 Å². The molecule has 22 heavy (non-hydrogen) atoms. The molecule has 1 aromatic heterocycles. The lowest BCUT2D eigenvalue weighted by Crippen LogP contribution is -2.16. The van der Waals surface area contributed by atoms with Crippen LogP contribution in [0.25, 0.3) is 0 Å². The van der Waals surface area contributed by atoms with Crippen molar-refractivity contribution in [3.63, 3.8) is 0 Å². The van der Waals surface area contributed by atoms with E-state index in [1.54, 1.807) is 19.1 Å². The third-order valence-corrected chi connectivity index (χ3v) is 5.35. The molecule has 2 aromatic rings. The highest BCUT2D eigenvalue weighted by Crippen LogP contribution is 2.27. The van der Waals surface area contributed by atoms with Gasteiger partial charge in [-0.3, -0.25) is 4.72 Å². The molecule has 0 fully saturated rings. The zero-order valence-corrected chi connectivity index (χ0v) is 13.4. The van der Waals surface area contributed by atoms with Crippen LogP contribution < -0.4 is 4.72 Å². The average molecular weight is 336 g/mol. The summed E-state index contributed by atoms with van der Waals surface area (Å²) in [6, 6.07) is 8.13. The first kappa shape index (κ1) is 16.0. The van der Waals surface area contributed by atoms with Gasteiger partial charge in [0, 0.05) is 0 Å². The lowest BCUT2D eigenvalue weighted by atomic mass is 10.1. The minimum Gasteiger partial charge on any atom is -0.465 e. The van der Waals surface area contributed by atoms with Crippen molar-refractivity contribution in [2.24, 2.45) is 0 Å². The Morgan fingerprint density at radius 3 is 2.73 bits per heavy atom. The van der Waals surface area contributed by atoms with Crippen LogP contribution in [0.3, 0.4) is 0 Å². The van der Waals surface area contributed by atoms with E-state index >= 15 is 0 Å². The zero-order chi connectivity index (χ0) is 16.3. The summed E-state index contributed by atoms with van der Waals surface area (Å²) in [6.45, 7) is 1.71. The van der Waals surface area contributed by atoms with Gasteiger partial charge in [-0.15, -0.1) is 11.3 Å². The molecule has 0 bridgehead atoms. The summed E-state index contributed by atoms with van der Waals surface area (Å²) in [4.78, 5) is 11.4. The number of thiophene rings is 1. The van der Waals surface area contributed by atoms with E-state index < -0.39 is 16.0 Å². The summed E-state index contributed by atoms with van der Waals surface area (Å²) in [5.41, 5.74) is 1.06. The number of sulfonamides is 1. The van der Waals surface area contributed by atoms with Crippen molar-refractivity contribution in [2.45, 2.75) is 11.8 Å². The largest absolute Gasteiger partial charge is 0.465 e. The van der Waals surface area contributed by atoms with Crippen LogP contribution in [0.5, 0.6) is 0 Å². The van der Waals surface area contributed by atoms with E-state index in [4.69, 9.17) is 5.26 Å². The SMILES string of the molecule is COC(=O)c1sccc1S(=O)(=O)Nc1cccc(C)c1C#N. The Morgan fingerprint density at radius 2 is 2.09 bits per heavy atom. The maximum absolute atomic E-state index is 12.5. The average Bonchev–Trinajstić information content (AvgIpc) is 2.96. The van der Waals surface area contributed by atoms with Crippen molar-refractivity contribution in [3.8, 4) is 6.07 Å². The quantitative estimate of drug-likeness (QED) is 0.865. The van der Waals surface area contributed by atoms with Crippen molar-refractivity contribution in [2.75, 3.05) is 11.8 Å². The summed E-state index contributed by atoms with van der Waals surface area (Å²) < 4.78 is 31.8. The predicted molar refractivity (Wildman–Crippen MR) is 82.4 cm³/mol. The molecule has 0 saturated heterocycles. The first-order valence-electron chi connectivity index (χ1n) is 6.09. The summed E-state index contributed by atoms with van der Waals surface area (Å²) in [6.07, 6.45) is 0. The zero-order valence-electron chi connectivity index (χ0n) is 11.8. The number of methoxy groups -OCH3 is 1. The molecular weight excluding hydrogens is 324 g/mol. The predicted octanol–water partition coefficient (Wildman–Crippen LogP) is 2.52. The second-order valence-electron chi connectivity index (χ2n) is 4.32. The first-order chi connectivity index (χ1) is 10.4. The van der Waals surface area contributed by atoms with Gasteiger partial charge in [-0.1, -0.05) is 12.1 Å². The number of ether oxygens (including phenoxy) is 1. The number of aryl methyl sites for hydroxylation is 1. The fourth-order valence-corrected chi connectivity index (χ4v) is 4.26. The van der Waals surface area contributed by atoms with Gasteiger partial charge in [-0.05, 0) is 30.0 Å². The maximum atomic E-state index is 12.5. The Balaban J connectivity index is 2.47. The van der Waals surface area contributed by atoms with E-state index in [2.05, 4.69) is 9.46 Å². The Morgan fingerprint density at radius 1 is 1.36 bits per heavy atom. The molecule has 8 heteroatoms. The van der Waals surface area contributed by atoms with E-state index in [1.165, 1.54) is 24.6 Å². The second kappa shape index (κ2) is 6.17. The van der Waals surface area contributed by atoms with Gasteiger partial charge in [-0.2, -0.15) is 5.26 Å². The molecule has 0 radical (unpaired) electrons. The number of hydrogen-bond donors (Lipinski definition) is 1. The summed E-state index contributed by atoms with van der Waals surface area (Å²) in [5.74, 6) is -0.722. The molecule has 0 amide bonds. The lowest BCUT2D eigenvalue weighted by Gasteiger charge is -2.10. The highest BCUT2D eigenvalue weighted by molar-refractivity contribution is 7.93. The summed E-state index contributed by atoms with van der Waals surface area (Å²) in [5, 5.41) is 10.6. The molecule has 0 saturated carbocycles. The summed E-state index contributed by atoms with van der Waals surface area (Å²) in [7, 11) is -2.82. The van der Waals surface area contributed by atoms with E-state index in [1.807, 2.05) is 6.07 Å². The standard InChI is InChI=1S/C14H12N2O4S2/c1-9-4-3-5-11(10(9)8-15)16-22(18,19)12-6-7-21-13(12)14(17)20-2/h3-7,16H,1-2H3. The van der Waals surface area contributed by atoms with Gasteiger partial charge in [-0.25, -0.2) is 13.2 Å². The Labute approximate surface area is 132 Å². The number of esters is 1. The molecule has 1 N–H and O–H groups in total. The summed E-state index contributed by atoms with van der Waals surface area (Å²) >= 11 is 0.974. The molecule has 1 aromatic carbocycles. The van der Waals surface area contributed by atoms with E-state index in [9.17, 15) is 13.2 Å². The number of nitrogens with zero attached hydrogens (tertiary/aromatic N) is 1. The Bertz CT molecular complexity index is 863. The molecule has 0 atom stereocenters. The Kier molecular flexibility index (Phi) is 4.49. The minimum atomic E-state index is -4.00. The fourth-order valence-electron chi connectivity index (χ4n) is 1.85. The van der Waals surface area contributed by atoms with Crippen LogP contribution in [0.1, 0.15) is 20.8 Å². The van der Waals surface area contributed by atoms with Crippen LogP contribution in [-0.4, -0.2) is 21.5 Å². The molecule has 6 nitrogen and oxygen atoms in total. The third kappa shape index (κ3) is 2.95. The number of hydrogen-bond acceptors (Lipinski definition) is 6. The highest BCUT2D eigenvalue weighted by atomic mass is 32.2. The van der Waals surface area contributed by atoms with Crippen molar-refractivity contribution >= 4 is 33.0 Å². The normalized spacial score (nSPS) is 10.8. The maximum Gasteiger partial charge on any atom is 0.349 e. The number of benzene rings is 1. The first-order valence-corrected chi connectivity index (χ1v) is 8.45. The number of nitrogens with one attached hydrogen (secondary N) is 1. The topological polar surface area (TPSA) is 96.3 Å². The van der Waals surface area contributed by atoms with Crippen LogP contribution in [0.15, 0.2) is 34.5 Å². The van der Waals surface area contributed by atoms with Gasteiger partial charge in [0.25, 0.3) is 10.0 Å². The number of carbonyl (C=O) groups is 1. The van der Waals surface area contributed by atoms with Crippen molar-refractivity contribution in [3.05, 3.63) is 45.6 Å². The van der Waals surface area contributed by atoms with Crippen LogP contribution in [-0.2, 0) is 14.8 Å². The van der Waals surface area contributed by atoms with Crippen molar-refractivity contribution in [1.82, 2.24) is 0 Å². The number of anilines is 1. The molecule has 0 aliphatic carbocycles. The van der Waals surface area contributed by atoms with Crippen LogP contribution in [0.4, 0.5) is 5.69 Å². The van der Waals surface area contributed by atoms with E-state index in [-0.39, 0.29) is 21.0 Å². The van der Waals surface area contributed by atoms with Crippen LogP contribution in [0, 0.1) is 18.3 Å². The lowest BCUT2D eigenvalue weighted by molar-refractivity contribution is 0.0602. The molecule has 0 aliphatic heterocycles. The van der Waals surface area contributed by atoms with Crippen molar-refractivity contribution in [1.29, 1.82) is 5.26 Å². The van der Waals surface area contributed by atoms with Gasteiger partial charge < -0.3 is 4.74 Å². The Hall–Kier alpha value is -2.37. The smallest absolute Gasteiger partial charge is 0.349 e. The van der Waals surface area contributed by atoms with E-state index in [0.29, 0.717) is 5.56 Å². The fraction of sp³-hybridized carbons (Fsp3) is 0.143. The van der Waals surface area contributed by atoms with Crippen molar-refractivity contribution < 1.29 is 17.9 Å². The third-order valence-electron chi connectivity index (χ3n) is 2.92. The molecule has 2 rings (SSSR count). The van der Waals surface area contributed by atoms with Gasteiger partial charge in [0.05, 0.1) is 18.4 Å². The number of nitriles is 1. The number of carbonyl (C=O) groups excluding carboxylic acids is 1. The molecule has 1 heterocycles. The van der Waals surface area contributed by atoms with Gasteiger partial charge >= 0.3 is 5.97 Å². The van der Waals surface area contributed by atoms with Crippen LogP contribution in [0.2, 0.25) is 0 Å². The molecule has 0 aliphatic rings. The molecule has 0 unspecified atom stereocenters. The van der Waals surface area contributed by atoms with Gasteiger partial charge in [0.15, 0.2) is 0 Å². The molecular formula is C14H12N2O4S2. The number of rotatable bonds is 4. The van der Waals surface area contributed by atoms with Gasteiger partial charge in [0.2, 0.25) is 0 Å². The molecule has 0 spiro atoms. The highest BCUT2D eigenvalue weighted by Gasteiger charge is 2.25. The molecule has 114 valence electrons.